The van der Waals surface area contributed by atoms with Gasteiger partial charge in [-0.2, -0.15) is 0 Å². The van der Waals surface area contributed by atoms with Crippen LogP contribution in [0.25, 0.3) is 0 Å². The van der Waals surface area contributed by atoms with Crippen LogP contribution in [0.1, 0.15) is 54.4 Å². The molecular formula is C16H34N2O. The van der Waals surface area contributed by atoms with Gasteiger partial charge in [0.15, 0.2) is 0 Å². The summed E-state index contributed by atoms with van der Waals surface area (Å²) in [6.45, 7) is 18.8. The highest BCUT2D eigenvalue weighted by molar-refractivity contribution is 4.96. The van der Waals surface area contributed by atoms with Crippen LogP contribution in [0.2, 0.25) is 0 Å². The highest BCUT2D eigenvalue weighted by Crippen LogP contribution is 2.27. The minimum absolute atomic E-state index is 0.232. The predicted molar refractivity (Wildman–Crippen MR) is 82.6 cm³/mol. The molecule has 3 nitrogen and oxygen atoms in total. The van der Waals surface area contributed by atoms with Gasteiger partial charge in [0.05, 0.1) is 6.61 Å². The zero-order valence-corrected chi connectivity index (χ0v) is 13.9. The molecule has 1 unspecified atom stereocenters. The highest BCUT2D eigenvalue weighted by atomic mass is 16.5. The van der Waals surface area contributed by atoms with Crippen molar-refractivity contribution in [2.24, 2.45) is 5.41 Å². The first-order chi connectivity index (χ1) is 8.77. The van der Waals surface area contributed by atoms with Gasteiger partial charge < -0.3 is 10.1 Å². The Morgan fingerprint density at radius 3 is 2.53 bits per heavy atom. The second kappa shape index (κ2) is 7.05. The summed E-state index contributed by atoms with van der Waals surface area (Å²) in [6.07, 6.45) is 2.39. The molecule has 1 saturated heterocycles. The average Bonchev–Trinajstić information content (AvgIpc) is 2.29. The molecule has 0 aromatic rings. The normalized spacial score (nSPS) is 24.6. The van der Waals surface area contributed by atoms with Gasteiger partial charge in [0.25, 0.3) is 0 Å². The maximum atomic E-state index is 5.73. The van der Waals surface area contributed by atoms with Crippen molar-refractivity contribution in [3.8, 4) is 0 Å². The summed E-state index contributed by atoms with van der Waals surface area (Å²) in [5.74, 6) is 0. The van der Waals surface area contributed by atoms with Crippen LogP contribution < -0.4 is 5.32 Å². The van der Waals surface area contributed by atoms with Gasteiger partial charge in [-0.05, 0) is 25.7 Å². The Kier molecular flexibility index (Phi) is 6.28. The van der Waals surface area contributed by atoms with Crippen LogP contribution in [0, 0.1) is 5.41 Å². The molecule has 0 aromatic heterocycles. The number of ether oxygens (including phenoxy) is 1. The van der Waals surface area contributed by atoms with Gasteiger partial charge in [0.2, 0.25) is 0 Å². The Labute approximate surface area is 120 Å². The van der Waals surface area contributed by atoms with Crippen LogP contribution in [-0.2, 0) is 4.74 Å². The first-order valence-corrected chi connectivity index (χ1v) is 7.83. The van der Waals surface area contributed by atoms with Crippen LogP contribution in [-0.4, -0.2) is 49.3 Å². The number of unbranched alkanes of at least 4 members (excludes halogenated alkanes) is 1. The predicted octanol–water partition coefficient (Wildman–Crippen LogP) is 2.90. The number of hydrogen-bond donors (Lipinski definition) is 1. The van der Waals surface area contributed by atoms with Crippen LogP contribution >= 0.6 is 0 Å². The fourth-order valence-electron chi connectivity index (χ4n) is 2.51. The van der Waals surface area contributed by atoms with Crippen LogP contribution in [0.15, 0.2) is 0 Å². The Hall–Kier alpha value is -0.120. The third kappa shape index (κ3) is 5.41. The topological polar surface area (TPSA) is 24.5 Å². The number of nitrogens with zero attached hydrogens (tertiary/aromatic N) is 1. The molecule has 1 heterocycles. The fourth-order valence-corrected chi connectivity index (χ4v) is 2.51. The maximum Gasteiger partial charge on any atom is 0.0593 e. The Morgan fingerprint density at radius 2 is 1.95 bits per heavy atom. The van der Waals surface area contributed by atoms with Gasteiger partial charge in [-0.15, -0.1) is 0 Å². The standard InChI is InChI=1S/C16H34N2O/c1-7-8-10-19-11-9-18-12-14(15(2,3)4)17-13-16(18,5)6/h14,17H,7-13H2,1-6H3. The molecule has 0 saturated carbocycles. The second-order valence-corrected chi connectivity index (χ2v) is 7.52. The summed E-state index contributed by atoms with van der Waals surface area (Å²) < 4.78 is 5.73. The summed E-state index contributed by atoms with van der Waals surface area (Å²) in [7, 11) is 0. The monoisotopic (exact) mass is 270 g/mol. The van der Waals surface area contributed by atoms with Crippen LogP contribution in [0.4, 0.5) is 0 Å². The van der Waals surface area contributed by atoms with E-state index in [2.05, 4.69) is 51.8 Å². The van der Waals surface area contributed by atoms with E-state index in [1.807, 2.05) is 0 Å². The van der Waals surface area contributed by atoms with Crippen LogP contribution in [0.3, 0.4) is 0 Å². The van der Waals surface area contributed by atoms with Crippen molar-refractivity contribution in [3.63, 3.8) is 0 Å². The molecule has 1 aliphatic heterocycles. The number of piperazine rings is 1. The summed E-state index contributed by atoms with van der Waals surface area (Å²) in [5.41, 5.74) is 0.549. The molecule has 0 aromatic carbocycles. The van der Waals surface area contributed by atoms with E-state index >= 15 is 0 Å². The van der Waals surface area contributed by atoms with Gasteiger partial charge in [-0.1, -0.05) is 34.1 Å². The van der Waals surface area contributed by atoms with E-state index in [-0.39, 0.29) is 5.54 Å². The smallest absolute Gasteiger partial charge is 0.0593 e. The third-order valence-electron chi connectivity index (χ3n) is 4.23. The van der Waals surface area contributed by atoms with Crippen molar-refractivity contribution < 1.29 is 4.74 Å². The molecular weight excluding hydrogens is 236 g/mol. The Bertz CT molecular complexity index is 258. The molecule has 0 spiro atoms. The Morgan fingerprint density at radius 1 is 1.26 bits per heavy atom. The summed E-state index contributed by atoms with van der Waals surface area (Å²) >= 11 is 0. The van der Waals surface area contributed by atoms with Crippen molar-refractivity contribution in [2.75, 3.05) is 32.8 Å². The lowest BCUT2D eigenvalue weighted by molar-refractivity contribution is 0.00941. The molecule has 19 heavy (non-hydrogen) atoms. The van der Waals surface area contributed by atoms with Crippen molar-refractivity contribution >= 4 is 0 Å². The van der Waals surface area contributed by atoms with Crippen molar-refractivity contribution in [2.45, 2.75) is 66.0 Å². The van der Waals surface area contributed by atoms with E-state index < -0.39 is 0 Å². The summed E-state index contributed by atoms with van der Waals surface area (Å²) in [5, 5.41) is 3.71. The third-order valence-corrected chi connectivity index (χ3v) is 4.23. The molecule has 1 atom stereocenters. The summed E-state index contributed by atoms with van der Waals surface area (Å²) in [6, 6.07) is 0.566. The number of rotatable bonds is 6. The fraction of sp³-hybridized carbons (Fsp3) is 1.00. The van der Waals surface area contributed by atoms with Gasteiger partial charge in [0.1, 0.15) is 0 Å². The first-order valence-electron chi connectivity index (χ1n) is 7.83. The van der Waals surface area contributed by atoms with Crippen molar-refractivity contribution in [1.29, 1.82) is 0 Å². The van der Waals surface area contributed by atoms with Crippen molar-refractivity contribution in [1.82, 2.24) is 10.2 Å². The molecule has 1 rings (SSSR count). The largest absolute Gasteiger partial charge is 0.380 e. The molecule has 0 radical (unpaired) electrons. The van der Waals surface area contributed by atoms with Gasteiger partial charge in [-0.25, -0.2) is 0 Å². The number of nitrogens with one attached hydrogen (secondary N) is 1. The zero-order valence-electron chi connectivity index (χ0n) is 13.9. The lowest BCUT2D eigenvalue weighted by Crippen LogP contribution is -2.65. The second-order valence-electron chi connectivity index (χ2n) is 7.52. The van der Waals surface area contributed by atoms with E-state index in [9.17, 15) is 0 Å². The molecule has 1 N–H and O–H groups in total. The lowest BCUT2D eigenvalue weighted by Gasteiger charge is -2.49. The molecule has 0 aliphatic carbocycles. The molecule has 1 aliphatic rings. The SMILES string of the molecule is CCCCOCCN1CC(C(C)(C)C)NCC1(C)C. The molecule has 3 heteroatoms. The van der Waals surface area contributed by atoms with Crippen LogP contribution in [0.5, 0.6) is 0 Å². The molecule has 114 valence electrons. The van der Waals surface area contributed by atoms with Gasteiger partial charge in [0, 0.05) is 37.8 Å². The lowest BCUT2D eigenvalue weighted by atomic mass is 9.83. The minimum Gasteiger partial charge on any atom is -0.380 e. The van der Waals surface area contributed by atoms with E-state index in [1.54, 1.807) is 0 Å². The van der Waals surface area contributed by atoms with E-state index in [1.165, 1.54) is 12.8 Å². The highest BCUT2D eigenvalue weighted by Gasteiger charge is 2.37. The zero-order chi connectivity index (χ0) is 14.5. The maximum absolute atomic E-state index is 5.73. The van der Waals surface area contributed by atoms with E-state index in [4.69, 9.17) is 4.74 Å². The molecule has 1 fully saturated rings. The molecule has 0 bridgehead atoms. The van der Waals surface area contributed by atoms with E-state index in [0.29, 0.717) is 11.5 Å². The minimum atomic E-state index is 0.232. The van der Waals surface area contributed by atoms with E-state index in [0.717, 1.165) is 32.8 Å². The quantitative estimate of drug-likeness (QED) is 0.751. The average molecular weight is 270 g/mol. The molecule has 0 amide bonds. The Balaban J connectivity index is 2.43. The first kappa shape index (κ1) is 16.9. The van der Waals surface area contributed by atoms with Gasteiger partial charge >= 0.3 is 0 Å². The number of hydrogen-bond acceptors (Lipinski definition) is 3. The summed E-state index contributed by atoms with van der Waals surface area (Å²) in [4.78, 5) is 2.59. The van der Waals surface area contributed by atoms with Gasteiger partial charge in [-0.3, -0.25) is 4.90 Å². The van der Waals surface area contributed by atoms with Crippen molar-refractivity contribution in [3.05, 3.63) is 0 Å².